The Morgan fingerprint density at radius 2 is 2.00 bits per heavy atom. The first kappa shape index (κ1) is 14.0. The van der Waals surface area contributed by atoms with Gasteiger partial charge in [-0.2, -0.15) is 0 Å². The highest BCUT2D eigenvalue weighted by Gasteiger charge is 2.08. The Balaban J connectivity index is 2.86. The molecule has 0 aliphatic carbocycles. The van der Waals surface area contributed by atoms with E-state index in [0.717, 1.165) is 38.0 Å². The predicted molar refractivity (Wildman–Crippen MR) is 73.6 cm³/mol. The average molecular weight is 235 g/mol. The highest BCUT2D eigenvalue weighted by Crippen LogP contribution is 2.22. The monoisotopic (exact) mass is 235 g/mol. The Kier molecular flexibility index (Phi) is 6.06. The van der Waals surface area contributed by atoms with E-state index in [2.05, 4.69) is 39.0 Å². The van der Waals surface area contributed by atoms with Crippen molar-refractivity contribution in [2.75, 3.05) is 6.61 Å². The van der Waals surface area contributed by atoms with Crippen molar-refractivity contribution in [3.05, 3.63) is 29.3 Å². The van der Waals surface area contributed by atoms with Crippen molar-refractivity contribution in [1.82, 2.24) is 0 Å². The number of hydrogen-bond acceptors (Lipinski definition) is 2. The van der Waals surface area contributed by atoms with Gasteiger partial charge in [0, 0.05) is 6.04 Å². The van der Waals surface area contributed by atoms with Crippen molar-refractivity contribution in [3.63, 3.8) is 0 Å². The summed E-state index contributed by atoms with van der Waals surface area (Å²) in [5, 5.41) is 0. The number of ether oxygens (including phenoxy) is 1. The predicted octanol–water partition coefficient (Wildman–Crippen LogP) is 3.32. The fraction of sp³-hybridized carbons (Fsp3) is 0.600. The van der Waals surface area contributed by atoms with Crippen LogP contribution in [0.4, 0.5) is 0 Å². The van der Waals surface area contributed by atoms with Crippen LogP contribution in [-0.4, -0.2) is 12.6 Å². The van der Waals surface area contributed by atoms with Crippen LogP contribution in [0.2, 0.25) is 0 Å². The fourth-order valence-corrected chi connectivity index (χ4v) is 1.79. The van der Waals surface area contributed by atoms with Gasteiger partial charge in [0.25, 0.3) is 0 Å². The molecule has 1 rings (SSSR count). The van der Waals surface area contributed by atoms with Gasteiger partial charge in [-0.05, 0) is 42.9 Å². The largest absolute Gasteiger partial charge is 0.493 e. The van der Waals surface area contributed by atoms with Gasteiger partial charge in [0.15, 0.2) is 0 Å². The summed E-state index contributed by atoms with van der Waals surface area (Å²) in [6.45, 7) is 7.20. The molecule has 0 aliphatic heterocycles. The lowest BCUT2D eigenvalue weighted by Crippen LogP contribution is -2.21. The number of nitrogens with two attached hydrogens (primary N) is 1. The van der Waals surface area contributed by atoms with Crippen LogP contribution < -0.4 is 10.5 Å². The highest BCUT2D eigenvalue weighted by molar-refractivity contribution is 5.38. The normalized spacial score (nSPS) is 12.5. The molecular weight excluding hydrogens is 210 g/mol. The Labute approximate surface area is 105 Å². The topological polar surface area (TPSA) is 35.2 Å². The van der Waals surface area contributed by atoms with E-state index in [1.807, 2.05) is 0 Å². The number of hydrogen-bond donors (Lipinski definition) is 1. The van der Waals surface area contributed by atoms with Gasteiger partial charge in [-0.15, -0.1) is 0 Å². The molecule has 0 bridgehead atoms. The molecule has 1 unspecified atom stereocenters. The van der Waals surface area contributed by atoms with Crippen molar-refractivity contribution < 1.29 is 4.74 Å². The average Bonchev–Trinajstić information content (AvgIpc) is 2.36. The van der Waals surface area contributed by atoms with E-state index in [9.17, 15) is 0 Å². The molecule has 0 radical (unpaired) electrons. The van der Waals surface area contributed by atoms with Crippen LogP contribution in [0.5, 0.6) is 5.75 Å². The Morgan fingerprint density at radius 1 is 1.24 bits per heavy atom. The second kappa shape index (κ2) is 7.33. The molecule has 17 heavy (non-hydrogen) atoms. The van der Waals surface area contributed by atoms with Gasteiger partial charge < -0.3 is 10.5 Å². The Bertz CT molecular complexity index is 336. The van der Waals surface area contributed by atoms with Crippen molar-refractivity contribution in [3.8, 4) is 5.75 Å². The van der Waals surface area contributed by atoms with Crippen LogP contribution in [0.25, 0.3) is 0 Å². The van der Waals surface area contributed by atoms with Crippen LogP contribution in [0.1, 0.15) is 44.7 Å². The second-order valence-electron chi connectivity index (χ2n) is 4.52. The number of aryl methyl sites for hydroxylation is 1. The molecule has 0 spiro atoms. The molecule has 0 saturated heterocycles. The fourth-order valence-electron chi connectivity index (χ4n) is 1.79. The smallest absolute Gasteiger partial charge is 0.122 e. The minimum absolute atomic E-state index is 0.228. The van der Waals surface area contributed by atoms with E-state index in [1.54, 1.807) is 0 Å². The molecule has 2 N–H and O–H groups in total. The Morgan fingerprint density at radius 3 is 2.59 bits per heavy atom. The molecule has 0 aromatic heterocycles. The number of benzene rings is 1. The SMILES string of the molecule is CCCOc1ccc(CC)cc1CC(N)CC. The first-order valence-corrected chi connectivity index (χ1v) is 6.71. The maximum Gasteiger partial charge on any atom is 0.122 e. The minimum Gasteiger partial charge on any atom is -0.493 e. The molecule has 2 heteroatoms. The summed E-state index contributed by atoms with van der Waals surface area (Å²) >= 11 is 0. The lowest BCUT2D eigenvalue weighted by Gasteiger charge is -2.15. The zero-order valence-electron chi connectivity index (χ0n) is 11.3. The van der Waals surface area contributed by atoms with Crippen molar-refractivity contribution >= 4 is 0 Å². The summed E-state index contributed by atoms with van der Waals surface area (Å²) in [7, 11) is 0. The first-order chi connectivity index (χ1) is 8.21. The number of rotatable bonds is 7. The van der Waals surface area contributed by atoms with Crippen molar-refractivity contribution in [2.45, 2.75) is 52.5 Å². The summed E-state index contributed by atoms with van der Waals surface area (Å²) in [5.74, 6) is 1.01. The van der Waals surface area contributed by atoms with Gasteiger partial charge in [-0.3, -0.25) is 0 Å². The van der Waals surface area contributed by atoms with E-state index in [4.69, 9.17) is 10.5 Å². The molecule has 1 aromatic carbocycles. The molecule has 1 atom stereocenters. The third-order valence-electron chi connectivity index (χ3n) is 3.00. The van der Waals surface area contributed by atoms with Gasteiger partial charge in [0.2, 0.25) is 0 Å². The van der Waals surface area contributed by atoms with E-state index in [0.29, 0.717) is 0 Å². The van der Waals surface area contributed by atoms with Gasteiger partial charge in [-0.25, -0.2) is 0 Å². The van der Waals surface area contributed by atoms with Crippen LogP contribution in [0, 0.1) is 0 Å². The molecule has 0 aliphatic rings. The molecule has 1 aromatic rings. The van der Waals surface area contributed by atoms with E-state index in [1.165, 1.54) is 11.1 Å². The Hall–Kier alpha value is -1.02. The maximum absolute atomic E-state index is 6.04. The highest BCUT2D eigenvalue weighted by atomic mass is 16.5. The lowest BCUT2D eigenvalue weighted by atomic mass is 10.0. The van der Waals surface area contributed by atoms with E-state index >= 15 is 0 Å². The third kappa shape index (κ3) is 4.39. The minimum atomic E-state index is 0.228. The second-order valence-corrected chi connectivity index (χ2v) is 4.52. The quantitative estimate of drug-likeness (QED) is 0.787. The van der Waals surface area contributed by atoms with Crippen molar-refractivity contribution in [2.24, 2.45) is 5.73 Å². The molecule has 0 heterocycles. The van der Waals surface area contributed by atoms with Gasteiger partial charge in [0.1, 0.15) is 5.75 Å². The molecule has 0 saturated carbocycles. The molecular formula is C15H25NO. The van der Waals surface area contributed by atoms with E-state index in [-0.39, 0.29) is 6.04 Å². The summed E-state index contributed by atoms with van der Waals surface area (Å²) < 4.78 is 5.78. The first-order valence-electron chi connectivity index (χ1n) is 6.71. The third-order valence-corrected chi connectivity index (χ3v) is 3.00. The van der Waals surface area contributed by atoms with Gasteiger partial charge in [-0.1, -0.05) is 32.9 Å². The van der Waals surface area contributed by atoms with Gasteiger partial charge in [0.05, 0.1) is 6.61 Å². The van der Waals surface area contributed by atoms with Crippen LogP contribution >= 0.6 is 0 Å². The summed E-state index contributed by atoms with van der Waals surface area (Å²) in [6.07, 6.45) is 4.00. The molecule has 2 nitrogen and oxygen atoms in total. The lowest BCUT2D eigenvalue weighted by molar-refractivity contribution is 0.313. The van der Waals surface area contributed by atoms with Crippen molar-refractivity contribution in [1.29, 1.82) is 0 Å². The zero-order chi connectivity index (χ0) is 12.7. The van der Waals surface area contributed by atoms with Gasteiger partial charge >= 0.3 is 0 Å². The van der Waals surface area contributed by atoms with Crippen LogP contribution in [0.15, 0.2) is 18.2 Å². The van der Waals surface area contributed by atoms with Crippen LogP contribution in [-0.2, 0) is 12.8 Å². The van der Waals surface area contributed by atoms with Crippen LogP contribution in [0.3, 0.4) is 0 Å². The summed E-state index contributed by atoms with van der Waals surface area (Å²) in [6, 6.07) is 6.70. The maximum atomic E-state index is 6.04. The molecule has 0 amide bonds. The molecule has 0 fully saturated rings. The zero-order valence-corrected chi connectivity index (χ0v) is 11.3. The summed E-state index contributed by atoms with van der Waals surface area (Å²) in [5.41, 5.74) is 8.65. The summed E-state index contributed by atoms with van der Waals surface area (Å²) in [4.78, 5) is 0. The standard InChI is InChI=1S/C15H25NO/c1-4-9-17-15-8-7-12(5-2)10-13(15)11-14(16)6-3/h7-8,10,14H,4-6,9,11,16H2,1-3H3. The molecule has 96 valence electrons. The van der Waals surface area contributed by atoms with E-state index < -0.39 is 0 Å².